The van der Waals surface area contributed by atoms with Crippen LogP contribution in [0.5, 0.6) is 0 Å². The highest BCUT2D eigenvalue weighted by molar-refractivity contribution is 7.89. The molecule has 1 aliphatic rings. The van der Waals surface area contributed by atoms with E-state index >= 15 is 0 Å². The molecule has 2 N–H and O–H groups in total. The molecular formula is C13H22N4O2S. The van der Waals surface area contributed by atoms with Crippen molar-refractivity contribution in [1.82, 2.24) is 14.2 Å². The number of nitrogen functional groups attached to an aromatic ring is 1. The summed E-state index contributed by atoms with van der Waals surface area (Å²) in [5.41, 5.74) is 5.56. The van der Waals surface area contributed by atoms with Gasteiger partial charge in [0, 0.05) is 44.5 Å². The zero-order chi connectivity index (χ0) is 14.8. The number of hydrogen-bond donors (Lipinski definition) is 1. The van der Waals surface area contributed by atoms with Crippen molar-refractivity contribution in [2.24, 2.45) is 0 Å². The highest BCUT2D eigenvalue weighted by atomic mass is 32.2. The first-order valence-corrected chi connectivity index (χ1v) is 8.35. The van der Waals surface area contributed by atoms with Gasteiger partial charge in [-0.15, -0.1) is 0 Å². The molecule has 6 nitrogen and oxygen atoms in total. The molecular weight excluding hydrogens is 276 g/mol. The fourth-order valence-corrected chi connectivity index (χ4v) is 3.83. The van der Waals surface area contributed by atoms with Gasteiger partial charge in [-0.3, -0.25) is 4.90 Å². The van der Waals surface area contributed by atoms with Crippen molar-refractivity contribution in [3.8, 4) is 0 Å². The van der Waals surface area contributed by atoms with Crippen LogP contribution in [-0.2, 0) is 10.0 Å². The molecule has 0 amide bonds. The second kappa shape index (κ2) is 6.07. The van der Waals surface area contributed by atoms with Crippen molar-refractivity contribution in [2.75, 3.05) is 31.9 Å². The quantitative estimate of drug-likeness (QED) is 0.888. The molecule has 1 atom stereocenters. The summed E-state index contributed by atoms with van der Waals surface area (Å²) in [7, 11) is -3.45. The first-order chi connectivity index (χ1) is 9.45. The minimum atomic E-state index is -3.45. The Morgan fingerprint density at radius 2 is 2.00 bits per heavy atom. The molecule has 0 radical (unpaired) electrons. The Labute approximate surface area is 120 Å². The van der Waals surface area contributed by atoms with Crippen LogP contribution in [0.15, 0.2) is 23.2 Å². The van der Waals surface area contributed by atoms with Crippen LogP contribution in [0.1, 0.15) is 20.3 Å². The Kier molecular flexibility index (Phi) is 4.62. The lowest BCUT2D eigenvalue weighted by Gasteiger charge is -2.37. The second-order valence-corrected chi connectivity index (χ2v) is 7.05. The monoisotopic (exact) mass is 298 g/mol. The number of nitrogens with two attached hydrogens (primary N) is 1. The summed E-state index contributed by atoms with van der Waals surface area (Å²) in [6.45, 7) is 6.91. The molecule has 1 unspecified atom stereocenters. The third kappa shape index (κ3) is 3.11. The van der Waals surface area contributed by atoms with Gasteiger partial charge in [0.05, 0.1) is 4.90 Å². The standard InChI is InChI=1S/C13H22N4O2S/c1-3-11(2)16-6-8-17(9-7-16)20(18,19)12-4-5-15-13(14)10-12/h4-5,10-11H,3,6-9H2,1-2H3,(H2,14,15). The van der Waals surface area contributed by atoms with Gasteiger partial charge in [0.25, 0.3) is 0 Å². The number of hydrogen-bond acceptors (Lipinski definition) is 5. The number of aromatic nitrogens is 1. The Morgan fingerprint density at radius 1 is 1.35 bits per heavy atom. The minimum absolute atomic E-state index is 0.224. The van der Waals surface area contributed by atoms with Crippen LogP contribution in [0.2, 0.25) is 0 Å². The van der Waals surface area contributed by atoms with Crippen LogP contribution in [-0.4, -0.2) is 54.8 Å². The Hall–Kier alpha value is -1.18. The molecule has 0 spiro atoms. The van der Waals surface area contributed by atoms with E-state index in [4.69, 9.17) is 5.73 Å². The van der Waals surface area contributed by atoms with E-state index in [-0.39, 0.29) is 10.7 Å². The van der Waals surface area contributed by atoms with Gasteiger partial charge in [0.1, 0.15) is 5.82 Å². The van der Waals surface area contributed by atoms with E-state index in [1.807, 2.05) is 0 Å². The van der Waals surface area contributed by atoms with Gasteiger partial charge in [-0.2, -0.15) is 4.31 Å². The van der Waals surface area contributed by atoms with Crippen molar-refractivity contribution >= 4 is 15.8 Å². The highest BCUT2D eigenvalue weighted by Gasteiger charge is 2.29. The largest absolute Gasteiger partial charge is 0.384 e. The first-order valence-electron chi connectivity index (χ1n) is 6.91. The number of anilines is 1. The Balaban J connectivity index is 2.10. The number of nitrogens with zero attached hydrogens (tertiary/aromatic N) is 3. The predicted octanol–water partition coefficient (Wildman–Crippen LogP) is 0.769. The smallest absolute Gasteiger partial charge is 0.243 e. The van der Waals surface area contributed by atoms with Crippen LogP contribution in [0.4, 0.5) is 5.82 Å². The van der Waals surface area contributed by atoms with Crippen molar-refractivity contribution in [2.45, 2.75) is 31.2 Å². The molecule has 112 valence electrons. The summed E-state index contributed by atoms with van der Waals surface area (Å²) in [6.07, 6.45) is 2.51. The molecule has 0 aromatic carbocycles. The zero-order valence-electron chi connectivity index (χ0n) is 12.0. The second-order valence-electron chi connectivity index (χ2n) is 5.11. The molecule has 2 heterocycles. The van der Waals surface area contributed by atoms with Gasteiger partial charge in [-0.1, -0.05) is 6.92 Å². The number of sulfonamides is 1. The summed E-state index contributed by atoms with van der Waals surface area (Å²) in [5.74, 6) is 0.226. The van der Waals surface area contributed by atoms with Gasteiger partial charge in [0.2, 0.25) is 10.0 Å². The SMILES string of the molecule is CCC(C)N1CCN(S(=O)(=O)c2ccnc(N)c2)CC1. The minimum Gasteiger partial charge on any atom is -0.384 e. The Bertz CT molecular complexity index is 553. The molecule has 0 aliphatic carbocycles. The lowest BCUT2D eigenvalue weighted by Crippen LogP contribution is -2.51. The van der Waals surface area contributed by atoms with E-state index in [0.717, 1.165) is 19.5 Å². The molecule has 1 saturated heterocycles. The maximum atomic E-state index is 12.5. The van der Waals surface area contributed by atoms with Gasteiger partial charge in [-0.25, -0.2) is 13.4 Å². The molecule has 2 rings (SSSR count). The third-order valence-corrected chi connectivity index (χ3v) is 5.77. The summed E-state index contributed by atoms with van der Waals surface area (Å²) >= 11 is 0. The molecule has 1 aromatic rings. The highest BCUT2D eigenvalue weighted by Crippen LogP contribution is 2.19. The van der Waals surface area contributed by atoms with Crippen LogP contribution >= 0.6 is 0 Å². The zero-order valence-corrected chi connectivity index (χ0v) is 12.8. The van der Waals surface area contributed by atoms with Gasteiger partial charge < -0.3 is 5.73 Å². The van der Waals surface area contributed by atoms with Crippen molar-refractivity contribution in [3.63, 3.8) is 0 Å². The first kappa shape index (κ1) is 15.2. The summed E-state index contributed by atoms with van der Waals surface area (Å²) < 4.78 is 26.5. The molecule has 20 heavy (non-hydrogen) atoms. The van der Waals surface area contributed by atoms with Crippen LogP contribution < -0.4 is 5.73 Å². The summed E-state index contributed by atoms with van der Waals surface area (Å²) in [6, 6.07) is 3.40. The predicted molar refractivity (Wildman–Crippen MR) is 78.7 cm³/mol. The average Bonchev–Trinajstić information content (AvgIpc) is 2.46. The maximum absolute atomic E-state index is 12.5. The van der Waals surface area contributed by atoms with E-state index in [1.165, 1.54) is 22.6 Å². The van der Waals surface area contributed by atoms with E-state index in [9.17, 15) is 8.42 Å². The average molecular weight is 298 g/mol. The van der Waals surface area contributed by atoms with Crippen LogP contribution in [0, 0.1) is 0 Å². The van der Waals surface area contributed by atoms with Crippen LogP contribution in [0.3, 0.4) is 0 Å². The number of pyridine rings is 1. The molecule has 1 aliphatic heterocycles. The normalized spacial score (nSPS) is 19.9. The van der Waals surface area contributed by atoms with Crippen molar-refractivity contribution < 1.29 is 8.42 Å². The fraction of sp³-hybridized carbons (Fsp3) is 0.615. The van der Waals surface area contributed by atoms with Gasteiger partial charge in [-0.05, 0) is 19.4 Å². The number of rotatable bonds is 4. The molecule has 0 saturated carbocycles. The summed E-state index contributed by atoms with van der Waals surface area (Å²) in [5, 5.41) is 0. The molecule has 0 bridgehead atoms. The maximum Gasteiger partial charge on any atom is 0.243 e. The van der Waals surface area contributed by atoms with Crippen molar-refractivity contribution in [3.05, 3.63) is 18.3 Å². The summed E-state index contributed by atoms with van der Waals surface area (Å²) in [4.78, 5) is 6.38. The fourth-order valence-electron chi connectivity index (χ4n) is 2.38. The lowest BCUT2D eigenvalue weighted by atomic mass is 10.2. The topological polar surface area (TPSA) is 79.5 Å². The number of piperazine rings is 1. The van der Waals surface area contributed by atoms with E-state index in [0.29, 0.717) is 19.1 Å². The van der Waals surface area contributed by atoms with E-state index in [2.05, 4.69) is 23.7 Å². The molecule has 7 heteroatoms. The lowest BCUT2D eigenvalue weighted by molar-refractivity contribution is 0.142. The van der Waals surface area contributed by atoms with Crippen molar-refractivity contribution in [1.29, 1.82) is 0 Å². The Morgan fingerprint density at radius 3 is 2.55 bits per heavy atom. The van der Waals surface area contributed by atoms with E-state index in [1.54, 1.807) is 0 Å². The van der Waals surface area contributed by atoms with Gasteiger partial charge >= 0.3 is 0 Å². The molecule has 1 fully saturated rings. The van der Waals surface area contributed by atoms with Gasteiger partial charge in [0.15, 0.2) is 0 Å². The van der Waals surface area contributed by atoms with E-state index < -0.39 is 10.0 Å². The third-order valence-electron chi connectivity index (χ3n) is 3.88. The van der Waals surface area contributed by atoms with Crippen LogP contribution in [0.25, 0.3) is 0 Å². The molecule has 1 aromatic heterocycles.